The van der Waals surface area contributed by atoms with Crippen molar-refractivity contribution in [3.63, 3.8) is 0 Å². The second kappa shape index (κ2) is 8.96. The highest BCUT2D eigenvalue weighted by molar-refractivity contribution is 6.30. The molecule has 3 N–H and O–H groups in total. The van der Waals surface area contributed by atoms with Crippen LogP contribution in [0.2, 0.25) is 5.02 Å². The van der Waals surface area contributed by atoms with E-state index in [0.29, 0.717) is 16.1 Å². The average molecular weight is 438 g/mol. The molecule has 0 aliphatic rings. The smallest absolute Gasteiger partial charge is 0.453 e. The van der Waals surface area contributed by atoms with Crippen molar-refractivity contribution in [1.29, 1.82) is 0 Å². The molecular weight excluding hydrogens is 421 g/mol. The molecule has 0 bridgehead atoms. The first-order valence-corrected chi connectivity index (χ1v) is 8.72. The zero-order chi connectivity index (χ0) is 21.8. The Morgan fingerprint density at radius 3 is 2.14 bits per heavy atom. The minimum absolute atomic E-state index is 0.0318. The summed E-state index contributed by atoms with van der Waals surface area (Å²) in [6, 6.07) is 10.00. The van der Waals surface area contributed by atoms with Crippen molar-refractivity contribution >= 4 is 17.7 Å². The van der Waals surface area contributed by atoms with Crippen LogP contribution in [0.5, 0.6) is 0 Å². The van der Waals surface area contributed by atoms with Gasteiger partial charge in [0.1, 0.15) is 0 Å². The van der Waals surface area contributed by atoms with E-state index in [4.69, 9.17) is 16.7 Å². The van der Waals surface area contributed by atoms with Crippen LogP contribution in [0.1, 0.15) is 22.8 Å². The van der Waals surface area contributed by atoms with Gasteiger partial charge in [0.15, 0.2) is 0 Å². The molecule has 1 amide bonds. The molecule has 2 atom stereocenters. The lowest BCUT2D eigenvalue weighted by molar-refractivity contribution is -0.281. The maximum atomic E-state index is 13.2. The highest BCUT2D eigenvalue weighted by Gasteiger charge is 2.57. The summed E-state index contributed by atoms with van der Waals surface area (Å²) in [6.07, 6.45) is -9.84. The lowest BCUT2D eigenvalue weighted by atomic mass is 9.95. The zero-order valence-electron chi connectivity index (χ0n) is 14.8. The van der Waals surface area contributed by atoms with Crippen molar-refractivity contribution in [2.45, 2.75) is 37.1 Å². The summed E-state index contributed by atoms with van der Waals surface area (Å²) >= 11 is 5.87. The first kappa shape index (κ1) is 22.9. The summed E-state index contributed by atoms with van der Waals surface area (Å²) in [5.41, 5.74) is 0.566. The number of rotatable bonds is 7. The number of hydrogen-bond acceptors (Lipinski definition) is 2. The average Bonchev–Trinajstić information content (AvgIpc) is 2.60. The Labute approximate surface area is 167 Å². The molecule has 0 fully saturated rings. The van der Waals surface area contributed by atoms with E-state index in [1.165, 1.54) is 18.2 Å². The number of amides is 1. The van der Waals surface area contributed by atoms with Crippen molar-refractivity contribution in [3.05, 3.63) is 70.2 Å². The molecule has 0 aromatic heterocycles. The second-order valence-corrected chi connectivity index (χ2v) is 6.89. The topological polar surface area (TPSA) is 69.6 Å². The number of carboxylic acid groups (broad SMARTS) is 1. The molecule has 10 heteroatoms. The minimum atomic E-state index is -5.65. The van der Waals surface area contributed by atoms with E-state index in [0.717, 1.165) is 12.1 Å². The summed E-state index contributed by atoms with van der Waals surface area (Å²) in [5.74, 6) is -4.86. The second-order valence-electron chi connectivity index (χ2n) is 6.46. The van der Waals surface area contributed by atoms with Gasteiger partial charge < -0.3 is 15.5 Å². The standard InChI is InChI=1S/C19H17ClF5NO3/c20-14-3-1-2-13(9-14)16(27)15(26-17(28)29)8-11-4-6-12(7-5-11)10-18(21,22)19(23,24)25/h1-7,9,15-16,26-27H,8,10H2,(H,28,29). The van der Waals surface area contributed by atoms with Crippen molar-refractivity contribution in [1.82, 2.24) is 5.32 Å². The molecule has 2 aromatic carbocycles. The minimum Gasteiger partial charge on any atom is -0.465 e. The number of halogens is 6. The third kappa shape index (κ3) is 6.30. The van der Waals surface area contributed by atoms with E-state index in [1.54, 1.807) is 18.2 Å². The lowest BCUT2D eigenvalue weighted by Gasteiger charge is -2.24. The summed E-state index contributed by atoms with van der Waals surface area (Å²) in [5, 5.41) is 22.0. The first-order chi connectivity index (χ1) is 13.4. The Balaban J connectivity index is 2.16. The van der Waals surface area contributed by atoms with Crippen LogP contribution in [0.3, 0.4) is 0 Å². The lowest BCUT2D eigenvalue weighted by Crippen LogP contribution is -2.40. The predicted octanol–water partition coefficient (Wildman–Crippen LogP) is 4.99. The molecule has 2 unspecified atom stereocenters. The summed E-state index contributed by atoms with van der Waals surface area (Å²) in [6.45, 7) is 0. The SMILES string of the molecule is O=C(O)NC(Cc1ccc(CC(F)(F)C(F)(F)F)cc1)C(O)c1cccc(Cl)c1. The van der Waals surface area contributed by atoms with Gasteiger partial charge in [0.25, 0.3) is 0 Å². The van der Waals surface area contributed by atoms with Gasteiger partial charge >= 0.3 is 18.2 Å². The molecular formula is C19H17ClF5NO3. The summed E-state index contributed by atoms with van der Waals surface area (Å²) < 4.78 is 63.3. The normalized spacial score (nSPS) is 14.3. The maximum Gasteiger partial charge on any atom is 0.453 e. The third-order valence-electron chi connectivity index (χ3n) is 4.20. The van der Waals surface area contributed by atoms with Gasteiger partial charge in [-0.1, -0.05) is 48.0 Å². The largest absolute Gasteiger partial charge is 0.465 e. The number of nitrogens with one attached hydrogen (secondary N) is 1. The number of aliphatic hydroxyl groups is 1. The monoisotopic (exact) mass is 437 g/mol. The fourth-order valence-electron chi connectivity index (χ4n) is 2.73. The highest BCUT2D eigenvalue weighted by atomic mass is 35.5. The van der Waals surface area contributed by atoms with Gasteiger partial charge in [0, 0.05) is 11.4 Å². The van der Waals surface area contributed by atoms with Gasteiger partial charge in [-0.05, 0) is 35.2 Å². The van der Waals surface area contributed by atoms with Crippen LogP contribution in [0, 0.1) is 0 Å². The Morgan fingerprint density at radius 2 is 1.62 bits per heavy atom. The van der Waals surface area contributed by atoms with Gasteiger partial charge in [-0.3, -0.25) is 0 Å². The van der Waals surface area contributed by atoms with Crippen molar-refractivity contribution in [2.75, 3.05) is 0 Å². The summed E-state index contributed by atoms with van der Waals surface area (Å²) in [7, 11) is 0. The van der Waals surface area contributed by atoms with E-state index >= 15 is 0 Å². The molecule has 0 aliphatic carbocycles. The van der Waals surface area contributed by atoms with E-state index in [1.807, 2.05) is 0 Å². The van der Waals surface area contributed by atoms with E-state index in [9.17, 15) is 31.9 Å². The van der Waals surface area contributed by atoms with Gasteiger partial charge in [-0.15, -0.1) is 0 Å². The van der Waals surface area contributed by atoms with Crippen LogP contribution in [0.15, 0.2) is 48.5 Å². The number of alkyl halides is 5. The fourth-order valence-corrected chi connectivity index (χ4v) is 2.93. The molecule has 2 rings (SSSR count). The van der Waals surface area contributed by atoms with Gasteiger partial charge in [0.2, 0.25) is 0 Å². The van der Waals surface area contributed by atoms with Crippen LogP contribution < -0.4 is 5.32 Å². The molecule has 0 saturated carbocycles. The Kier molecular flexibility index (Phi) is 7.07. The van der Waals surface area contributed by atoms with Crippen molar-refractivity contribution in [3.8, 4) is 0 Å². The number of carbonyl (C=O) groups is 1. The maximum absolute atomic E-state index is 13.2. The Bertz CT molecular complexity index is 842. The molecule has 0 spiro atoms. The first-order valence-electron chi connectivity index (χ1n) is 8.34. The zero-order valence-corrected chi connectivity index (χ0v) is 15.5. The van der Waals surface area contributed by atoms with Crippen LogP contribution in [0.4, 0.5) is 26.7 Å². The van der Waals surface area contributed by atoms with Gasteiger partial charge in [-0.2, -0.15) is 22.0 Å². The molecule has 0 heterocycles. The van der Waals surface area contributed by atoms with Crippen molar-refractivity contribution < 1.29 is 37.0 Å². The van der Waals surface area contributed by atoms with Crippen LogP contribution in [0.25, 0.3) is 0 Å². The van der Waals surface area contributed by atoms with Crippen LogP contribution in [-0.4, -0.2) is 34.4 Å². The number of benzene rings is 2. The van der Waals surface area contributed by atoms with E-state index in [2.05, 4.69) is 5.32 Å². The van der Waals surface area contributed by atoms with Gasteiger partial charge in [0.05, 0.1) is 12.1 Å². The van der Waals surface area contributed by atoms with E-state index in [-0.39, 0.29) is 12.0 Å². The highest BCUT2D eigenvalue weighted by Crippen LogP contribution is 2.38. The fraction of sp³-hybridized carbons (Fsp3) is 0.316. The Morgan fingerprint density at radius 1 is 1.03 bits per heavy atom. The molecule has 2 aromatic rings. The number of hydrogen-bond donors (Lipinski definition) is 3. The predicted molar refractivity (Wildman–Crippen MR) is 96.2 cm³/mol. The molecule has 158 valence electrons. The Hall–Kier alpha value is -2.39. The molecule has 0 saturated heterocycles. The van der Waals surface area contributed by atoms with Gasteiger partial charge in [-0.25, -0.2) is 4.79 Å². The quantitative estimate of drug-likeness (QED) is 0.534. The third-order valence-corrected chi connectivity index (χ3v) is 4.43. The molecule has 29 heavy (non-hydrogen) atoms. The molecule has 0 radical (unpaired) electrons. The number of aliphatic hydroxyl groups excluding tert-OH is 1. The summed E-state index contributed by atoms with van der Waals surface area (Å²) in [4.78, 5) is 11.1. The molecule has 4 nitrogen and oxygen atoms in total. The van der Waals surface area contributed by atoms with Crippen LogP contribution in [-0.2, 0) is 12.8 Å². The van der Waals surface area contributed by atoms with Crippen molar-refractivity contribution in [2.24, 2.45) is 0 Å². The molecule has 0 aliphatic heterocycles. The van der Waals surface area contributed by atoms with E-state index < -0.39 is 36.8 Å². The van der Waals surface area contributed by atoms with Crippen LogP contribution >= 0.6 is 11.6 Å².